The molecule has 4 rings (SSSR count). The first-order chi connectivity index (χ1) is 16.7. The lowest BCUT2D eigenvalue weighted by molar-refractivity contribution is 0.418. The maximum atomic E-state index is 13.9. The number of rotatable bonds is 9. The molecule has 4 aromatic rings. The van der Waals surface area contributed by atoms with Gasteiger partial charge in [0, 0.05) is 17.6 Å². The lowest BCUT2D eigenvalue weighted by atomic mass is 10.1. The van der Waals surface area contributed by atoms with Crippen molar-refractivity contribution in [1.82, 2.24) is 0 Å². The molecule has 5 heteroatoms. The normalized spacial score (nSPS) is 13.0. The molecule has 2 atom stereocenters. The summed E-state index contributed by atoms with van der Waals surface area (Å²) in [6.45, 7) is 0. The molecule has 0 saturated heterocycles. The molecule has 0 heterocycles. The van der Waals surface area contributed by atoms with E-state index < -0.39 is 15.6 Å². The Bertz CT molecular complexity index is 1300. The van der Waals surface area contributed by atoms with Crippen molar-refractivity contribution in [1.29, 1.82) is 0 Å². The first-order valence-corrected chi connectivity index (χ1v) is 14.5. The summed E-state index contributed by atoms with van der Waals surface area (Å²) in [6, 6.07) is 33.3. The number of ether oxygens (including phenoxy) is 1. The molecular weight excluding hydrogens is 458 g/mol. The fourth-order valence-electron chi connectivity index (χ4n) is 3.98. The van der Waals surface area contributed by atoms with Gasteiger partial charge in [-0.3, -0.25) is 0 Å². The van der Waals surface area contributed by atoms with E-state index in [4.69, 9.17) is 4.74 Å². The molecule has 0 aromatic heterocycles. The lowest BCUT2D eigenvalue weighted by Gasteiger charge is -2.17. The molecule has 0 fully saturated rings. The van der Waals surface area contributed by atoms with Gasteiger partial charge >= 0.3 is 0 Å². The Morgan fingerprint density at radius 3 is 1.65 bits per heavy atom. The summed E-state index contributed by atoms with van der Waals surface area (Å²) in [5.74, 6) is 0.540. The third-order valence-electron chi connectivity index (χ3n) is 5.65. The standard InChI is InChI=1S/C29H28O3P2/c1-32-27-20-19-26(18-17-23-11-5-2-6-12-23)28(33(30)21-24-13-7-3-8-14-24)29(27)34(31)22-25-15-9-4-10-16-25/h2-20,33-34H,21-22H2,1H3/b18-17-. The Hall–Kier alpha value is -3.12. The second-order valence-electron chi connectivity index (χ2n) is 8.02. The molecule has 0 radical (unpaired) electrons. The van der Waals surface area contributed by atoms with Crippen LogP contribution in [0, 0.1) is 0 Å². The minimum atomic E-state index is -2.31. The fraction of sp³-hybridized carbons (Fsp3) is 0.103. The molecule has 0 N–H and O–H groups in total. The second kappa shape index (κ2) is 11.8. The van der Waals surface area contributed by atoms with E-state index in [0.717, 1.165) is 22.3 Å². The Morgan fingerprint density at radius 1 is 0.618 bits per heavy atom. The zero-order chi connectivity index (χ0) is 23.8. The van der Waals surface area contributed by atoms with Crippen molar-refractivity contribution < 1.29 is 13.9 Å². The molecule has 0 spiro atoms. The highest BCUT2D eigenvalue weighted by Crippen LogP contribution is 2.37. The van der Waals surface area contributed by atoms with Crippen LogP contribution in [0.25, 0.3) is 12.2 Å². The highest BCUT2D eigenvalue weighted by Gasteiger charge is 2.23. The Kier molecular flexibility index (Phi) is 8.36. The molecule has 0 aliphatic carbocycles. The van der Waals surface area contributed by atoms with E-state index in [-0.39, 0.29) is 0 Å². The monoisotopic (exact) mass is 486 g/mol. The minimum Gasteiger partial charge on any atom is -0.496 e. The summed E-state index contributed by atoms with van der Waals surface area (Å²) in [7, 11) is -3.04. The van der Waals surface area contributed by atoms with Gasteiger partial charge in [-0.05, 0) is 28.3 Å². The van der Waals surface area contributed by atoms with Crippen molar-refractivity contribution in [2.24, 2.45) is 0 Å². The summed E-state index contributed by atoms with van der Waals surface area (Å²) in [5.41, 5.74) is 3.87. The predicted octanol–water partition coefficient (Wildman–Crippen LogP) is 6.64. The number of methoxy groups -OCH3 is 1. The summed E-state index contributed by atoms with van der Waals surface area (Å²) in [5, 5.41) is 1.27. The molecule has 3 nitrogen and oxygen atoms in total. The van der Waals surface area contributed by atoms with Crippen LogP contribution in [0.2, 0.25) is 0 Å². The van der Waals surface area contributed by atoms with Crippen LogP contribution in [0.4, 0.5) is 0 Å². The van der Waals surface area contributed by atoms with Crippen LogP contribution < -0.4 is 15.3 Å². The van der Waals surface area contributed by atoms with Gasteiger partial charge in [0.1, 0.15) is 21.4 Å². The van der Waals surface area contributed by atoms with Gasteiger partial charge < -0.3 is 13.9 Å². The maximum absolute atomic E-state index is 13.9. The maximum Gasteiger partial charge on any atom is 0.130 e. The van der Waals surface area contributed by atoms with Crippen molar-refractivity contribution in [2.75, 3.05) is 7.11 Å². The second-order valence-corrected chi connectivity index (χ2v) is 11.4. The molecule has 2 unspecified atom stereocenters. The molecule has 172 valence electrons. The zero-order valence-corrected chi connectivity index (χ0v) is 21.1. The molecule has 0 saturated carbocycles. The Morgan fingerprint density at radius 2 is 1.12 bits per heavy atom. The van der Waals surface area contributed by atoms with Crippen LogP contribution in [-0.4, -0.2) is 7.11 Å². The summed E-state index contributed by atoms with van der Waals surface area (Å²) < 4.78 is 33.3. The minimum absolute atomic E-state index is 0.404. The third kappa shape index (κ3) is 6.06. The zero-order valence-electron chi connectivity index (χ0n) is 19.1. The number of hydrogen-bond acceptors (Lipinski definition) is 3. The van der Waals surface area contributed by atoms with Gasteiger partial charge in [-0.1, -0.05) is 109 Å². The smallest absolute Gasteiger partial charge is 0.130 e. The SMILES string of the molecule is COc1ccc(/C=C\c2ccccc2)c([PH](=O)Cc2ccccc2)c1[PH](=O)Cc1ccccc1. The van der Waals surface area contributed by atoms with Crippen LogP contribution >= 0.6 is 15.6 Å². The average molecular weight is 486 g/mol. The van der Waals surface area contributed by atoms with Gasteiger partial charge in [0.2, 0.25) is 0 Å². The van der Waals surface area contributed by atoms with Crippen LogP contribution in [0.5, 0.6) is 5.75 Å². The van der Waals surface area contributed by atoms with Crippen LogP contribution in [0.1, 0.15) is 22.3 Å². The van der Waals surface area contributed by atoms with E-state index in [1.54, 1.807) is 7.11 Å². The summed E-state index contributed by atoms with van der Waals surface area (Å²) >= 11 is 0. The van der Waals surface area contributed by atoms with E-state index >= 15 is 0 Å². The van der Waals surface area contributed by atoms with Crippen molar-refractivity contribution >= 4 is 38.4 Å². The van der Waals surface area contributed by atoms with E-state index in [9.17, 15) is 9.13 Å². The van der Waals surface area contributed by atoms with Crippen LogP contribution in [0.15, 0.2) is 103 Å². The largest absolute Gasteiger partial charge is 0.496 e. The molecule has 34 heavy (non-hydrogen) atoms. The van der Waals surface area contributed by atoms with E-state index in [2.05, 4.69) is 0 Å². The highest BCUT2D eigenvalue weighted by molar-refractivity contribution is 7.60. The summed E-state index contributed by atoms with van der Waals surface area (Å²) in [4.78, 5) is 0. The topological polar surface area (TPSA) is 43.4 Å². The third-order valence-corrected chi connectivity index (χ3v) is 9.51. The van der Waals surface area contributed by atoms with Crippen molar-refractivity contribution in [3.63, 3.8) is 0 Å². The van der Waals surface area contributed by atoms with Crippen molar-refractivity contribution in [3.8, 4) is 5.75 Å². The predicted molar refractivity (Wildman–Crippen MR) is 146 cm³/mol. The number of hydrogen-bond donors (Lipinski definition) is 0. The lowest BCUT2D eigenvalue weighted by Crippen LogP contribution is -2.24. The summed E-state index contributed by atoms with van der Waals surface area (Å²) in [6.07, 6.45) is 4.79. The average Bonchev–Trinajstić information content (AvgIpc) is 2.88. The Balaban J connectivity index is 1.80. The van der Waals surface area contributed by atoms with Gasteiger partial charge in [-0.25, -0.2) is 0 Å². The van der Waals surface area contributed by atoms with Gasteiger partial charge in [0.15, 0.2) is 0 Å². The molecule has 0 aliphatic heterocycles. The first kappa shape index (κ1) is 24.0. The van der Waals surface area contributed by atoms with E-state index in [1.807, 2.05) is 115 Å². The molecule has 0 amide bonds. The van der Waals surface area contributed by atoms with E-state index in [1.165, 1.54) is 0 Å². The van der Waals surface area contributed by atoms with Gasteiger partial charge in [0.25, 0.3) is 0 Å². The van der Waals surface area contributed by atoms with E-state index in [0.29, 0.717) is 28.7 Å². The fourth-order valence-corrected chi connectivity index (χ4v) is 8.15. The van der Waals surface area contributed by atoms with Gasteiger partial charge in [-0.15, -0.1) is 0 Å². The van der Waals surface area contributed by atoms with Crippen LogP contribution in [0.3, 0.4) is 0 Å². The van der Waals surface area contributed by atoms with Gasteiger partial charge in [0.05, 0.1) is 12.4 Å². The highest BCUT2D eigenvalue weighted by atomic mass is 31.1. The van der Waals surface area contributed by atoms with Crippen molar-refractivity contribution in [3.05, 3.63) is 125 Å². The molecule has 0 aliphatic rings. The first-order valence-electron chi connectivity index (χ1n) is 11.2. The Labute approximate surface area is 202 Å². The molecule has 0 bridgehead atoms. The van der Waals surface area contributed by atoms with Gasteiger partial charge in [-0.2, -0.15) is 0 Å². The van der Waals surface area contributed by atoms with Crippen LogP contribution in [-0.2, 0) is 21.5 Å². The quantitative estimate of drug-likeness (QED) is 0.197. The van der Waals surface area contributed by atoms with Crippen molar-refractivity contribution in [2.45, 2.75) is 12.3 Å². The number of benzene rings is 4. The molecular formula is C29H28O3P2. The molecule has 4 aromatic carbocycles.